The second-order valence-corrected chi connectivity index (χ2v) is 8.30. The number of rotatable bonds is 9. The van der Waals surface area contributed by atoms with Gasteiger partial charge in [0.2, 0.25) is 0 Å². The van der Waals surface area contributed by atoms with E-state index in [1.54, 1.807) is 11.3 Å². The quantitative estimate of drug-likeness (QED) is 0.467. The summed E-state index contributed by atoms with van der Waals surface area (Å²) in [5, 5.41) is 0.754. The maximum Gasteiger partial charge on any atom is 0.260 e. The Labute approximate surface area is 183 Å². The maximum absolute atomic E-state index is 13.5. The van der Waals surface area contributed by atoms with Crippen molar-refractivity contribution >= 4 is 32.6 Å². The molecule has 1 amide bonds. The van der Waals surface area contributed by atoms with Gasteiger partial charge >= 0.3 is 0 Å². The van der Waals surface area contributed by atoms with E-state index in [0.29, 0.717) is 18.7 Å². The molecule has 6 heteroatoms. The standard InChI is InChI=1S/C24H31N3O2S/c1-6-26(7-2)15-16-27(23(28)19-10-12-20(13-11-19)29-8-3)24-25-22-18(5)17(4)9-14-21(22)30-24/h9-14H,6-8,15-16H2,1-5H3. The molecule has 0 unspecified atom stereocenters. The van der Waals surface area contributed by atoms with Gasteiger partial charge in [0.25, 0.3) is 5.91 Å². The number of hydrogen-bond donors (Lipinski definition) is 0. The maximum atomic E-state index is 13.5. The van der Waals surface area contributed by atoms with E-state index in [9.17, 15) is 4.79 Å². The monoisotopic (exact) mass is 425 g/mol. The topological polar surface area (TPSA) is 45.7 Å². The Morgan fingerprint density at radius 3 is 2.33 bits per heavy atom. The first-order valence-electron chi connectivity index (χ1n) is 10.6. The van der Waals surface area contributed by atoms with Crippen molar-refractivity contribution in [2.24, 2.45) is 0 Å². The zero-order valence-electron chi connectivity index (χ0n) is 18.6. The lowest BCUT2D eigenvalue weighted by Crippen LogP contribution is -2.38. The van der Waals surface area contributed by atoms with Crippen molar-refractivity contribution in [2.45, 2.75) is 34.6 Å². The molecule has 5 nitrogen and oxygen atoms in total. The van der Waals surface area contributed by atoms with Crippen LogP contribution in [-0.2, 0) is 0 Å². The number of amides is 1. The highest BCUT2D eigenvalue weighted by molar-refractivity contribution is 7.22. The minimum absolute atomic E-state index is 0.0290. The van der Waals surface area contributed by atoms with Gasteiger partial charge in [-0.1, -0.05) is 31.3 Å². The van der Waals surface area contributed by atoms with Crippen molar-refractivity contribution in [1.29, 1.82) is 0 Å². The van der Waals surface area contributed by atoms with Gasteiger partial charge in [0.1, 0.15) is 5.75 Å². The van der Waals surface area contributed by atoms with E-state index in [2.05, 4.69) is 44.7 Å². The molecule has 1 aromatic heterocycles. The summed E-state index contributed by atoms with van der Waals surface area (Å²) in [6, 6.07) is 11.6. The molecule has 0 bridgehead atoms. The Morgan fingerprint density at radius 1 is 1.00 bits per heavy atom. The molecule has 0 spiro atoms. The number of carbonyl (C=O) groups is 1. The van der Waals surface area contributed by atoms with Crippen molar-refractivity contribution < 1.29 is 9.53 Å². The van der Waals surface area contributed by atoms with Crippen LogP contribution in [0.3, 0.4) is 0 Å². The Hall–Kier alpha value is -2.44. The van der Waals surface area contributed by atoms with Gasteiger partial charge in [-0.05, 0) is 75.3 Å². The predicted molar refractivity (Wildman–Crippen MR) is 126 cm³/mol. The number of nitrogens with zero attached hydrogens (tertiary/aromatic N) is 3. The van der Waals surface area contributed by atoms with Crippen LogP contribution < -0.4 is 9.64 Å². The number of hydrogen-bond acceptors (Lipinski definition) is 5. The predicted octanol–water partition coefficient (Wildman–Crippen LogP) is 5.30. The molecule has 0 aliphatic rings. The Bertz CT molecular complexity index is 994. The number of thiazole rings is 1. The first-order valence-corrected chi connectivity index (χ1v) is 11.4. The lowest BCUT2D eigenvalue weighted by atomic mass is 10.1. The number of ether oxygens (including phenoxy) is 1. The normalized spacial score (nSPS) is 11.3. The molecular formula is C24H31N3O2S. The molecule has 0 fully saturated rings. The van der Waals surface area contributed by atoms with Gasteiger partial charge in [0.05, 0.1) is 16.8 Å². The van der Waals surface area contributed by atoms with Crippen LogP contribution in [0.15, 0.2) is 36.4 Å². The molecule has 3 aromatic rings. The van der Waals surface area contributed by atoms with Crippen LogP contribution in [0.4, 0.5) is 5.13 Å². The smallest absolute Gasteiger partial charge is 0.260 e. The Morgan fingerprint density at radius 2 is 1.70 bits per heavy atom. The Kier molecular flexibility index (Phi) is 7.45. The summed E-state index contributed by atoms with van der Waals surface area (Å²) in [4.78, 5) is 22.5. The molecule has 3 rings (SSSR count). The number of fused-ring (bicyclic) bond motifs is 1. The van der Waals surface area contributed by atoms with Gasteiger partial charge in [-0.3, -0.25) is 9.69 Å². The van der Waals surface area contributed by atoms with Crippen molar-refractivity contribution in [2.75, 3.05) is 37.7 Å². The first kappa shape index (κ1) is 22.2. The SMILES string of the molecule is CCOc1ccc(C(=O)N(CCN(CC)CC)c2nc3c(C)c(C)ccc3s2)cc1. The lowest BCUT2D eigenvalue weighted by Gasteiger charge is -2.24. The van der Waals surface area contributed by atoms with Gasteiger partial charge in [-0.25, -0.2) is 4.98 Å². The minimum atomic E-state index is -0.0290. The van der Waals surface area contributed by atoms with Crippen LogP contribution in [0, 0.1) is 13.8 Å². The molecular weight excluding hydrogens is 394 g/mol. The van der Waals surface area contributed by atoms with Crippen molar-refractivity contribution in [3.05, 3.63) is 53.1 Å². The molecule has 0 saturated carbocycles. The molecule has 160 valence electrons. The molecule has 0 radical (unpaired) electrons. The van der Waals surface area contributed by atoms with Crippen LogP contribution in [0.1, 0.15) is 42.3 Å². The molecule has 0 atom stereocenters. The van der Waals surface area contributed by atoms with Crippen LogP contribution in [0.25, 0.3) is 10.2 Å². The zero-order chi connectivity index (χ0) is 21.7. The summed E-state index contributed by atoms with van der Waals surface area (Å²) in [5.74, 6) is 0.744. The van der Waals surface area contributed by atoms with E-state index >= 15 is 0 Å². The largest absolute Gasteiger partial charge is 0.494 e. The highest BCUT2D eigenvalue weighted by atomic mass is 32.1. The minimum Gasteiger partial charge on any atom is -0.494 e. The van der Waals surface area contributed by atoms with E-state index in [4.69, 9.17) is 9.72 Å². The van der Waals surface area contributed by atoms with E-state index < -0.39 is 0 Å². The molecule has 0 aliphatic carbocycles. The first-order chi connectivity index (χ1) is 14.5. The van der Waals surface area contributed by atoms with Crippen molar-refractivity contribution in [3.63, 3.8) is 0 Å². The number of aromatic nitrogens is 1. The second-order valence-electron chi connectivity index (χ2n) is 7.29. The second kappa shape index (κ2) is 10.0. The van der Waals surface area contributed by atoms with Crippen LogP contribution in [0.2, 0.25) is 0 Å². The fraction of sp³-hybridized carbons (Fsp3) is 0.417. The van der Waals surface area contributed by atoms with Crippen molar-refractivity contribution in [3.8, 4) is 5.75 Å². The summed E-state index contributed by atoms with van der Waals surface area (Å²) in [6.07, 6.45) is 0. The molecule has 1 heterocycles. The van der Waals surface area contributed by atoms with Crippen LogP contribution >= 0.6 is 11.3 Å². The average molecular weight is 426 g/mol. The van der Waals surface area contributed by atoms with Gasteiger partial charge in [-0.15, -0.1) is 0 Å². The number of likely N-dealkylation sites (N-methyl/N-ethyl adjacent to an activating group) is 1. The zero-order valence-corrected chi connectivity index (χ0v) is 19.4. The van der Waals surface area contributed by atoms with E-state index in [1.807, 2.05) is 36.1 Å². The average Bonchev–Trinajstić information content (AvgIpc) is 3.19. The van der Waals surface area contributed by atoms with Gasteiger partial charge in [0.15, 0.2) is 5.13 Å². The third-order valence-electron chi connectivity index (χ3n) is 5.50. The third kappa shape index (κ3) is 4.82. The van der Waals surface area contributed by atoms with Crippen LogP contribution in [0.5, 0.6) is 5.75 Å². The molecule has 0 saturated heterocycles. The summed E-state index contributed by atoms with van der Waals surface area (Å²) in [7, 11) is 0. The number of benzene rings is 2. The fourth-order valence-corrected chi connectivity index (χ4v) is 4.46. The summed E-state index contributed by atoms with van der Waals surface area (Å²) in [6.45, 7) is 14.4. The van der Waals surface area contributed by atoms with Gasteiger partial charge in [-0.2, -0.15) is 0 Å². The third-order valence-corrected chi connectivity index (χ3v) is 6.54. The number of aryl methyl sites for hydroxylation is 2. The summed E-state index contributed by atoms with van der Waals surface area (Å²) < 4.78 is 6.63. The highest BCUT2D eigenvalue weighted by Crippen LogP contribution is 2.32. The van der Waals surface area contributed by atoms with Gasteiger partial charge in [0, 0.05) is 18.7 Å². The van der Waals surface area contributed by atoms with E-state index in [-0.39, 0.29) is 5.91 Å². The molecule has 30 heavy (non-hydrogen) atoms. The van der Waals surface area contributed by atoms with Gasteiger partial charge < -0.3 is 9.64 Å². The molecule has 0 aliphatic heterocycles. The Balaban J connectivity index is 1.95. The number of carbonyl (C=O) groups excluding carboxylic acids is 1. The highest BCUT2D eigenvalue weighted by Gasteiger charge is 2.22. The number of anilines is 1. The molecule has 0 N–H and O–H groups in total. The molecule has 2 aromatic carbocycles. The van der Waals surface area contributed by atoms with Crippen LogP contribution in [-0.4, -0.2) is 48.6 Å². The summed E-state index contributed by atoms with van der Waals surface area (Å²) in [5.41, 5.74) is 4.02. The van der Waals surface area contributed by atoms with E-state index in [0.717, 1.165) is 40.7 Å². The lowest BCUT2D eigenvalue weighted by molar-refractivity contribution is 0.0983. The van der Waals surface area contributed by atoms with E-state index in [1.165, 1.54) is 11.1 Å². The fourth-order valence-electron chi connectivity index (χ4n) is 3.41. The van der Waals surface area contributed by atoms with Crippen molar-refractivity contribution in [1.82, 2.24) is 9.88 Å². The summed E-state index contributed by atoms with van der Waals surface area (Å²) >= 11 is 1.58.